The smallest absolute Gasteiger partial charge is 0.229 e. The molecule has 0 bridgehead atoms. The lowest BCUT2D eigenvalue weighted by Crippen LogP contribution is -2.44. The Kier molecular flexibility index (Phi) is 6.60. The van der Waals surface area contributed by atoms with Crippen LogP contribution in [-0.2, 0) is 11.3 Å². The van der Waals surface area contributed by atoms with Gasteiger partial charge in [0.05, 0.1) is 44.1 Å². The number of aliphatic hydroxyl groups excluding tert-OH is 1. The number of piperidine rings is 1. The van der Waals surface area contributed by atoms with Crippen molar-refractivity contribution in [1.82, 2.24) is 19.9 Å². The van der Waals surface area contributed by atoms with Gasteiger partial charge in [0.1, 0.15) is 11.6 Å². The van der Waals surface area contributed by atoms with Crippen LogP contribution in [0.15, 0.2) is 30.3 Å². The second-order valence-corrected chi connectivity index (χ2v) is 10.6. The summed E-state index contributed by atoms with van der Waals surface area (Å²) < 4.78 is 11.1. The van der Waals surface area contributed by atoms with Crippen LogP contribution in [0.25, 0.3) is 22.3 Å². The topological polar surface area (TPSA) is 87.1 Å². The number of hydrogen-bond acceptors (Lipinski definition) is 9. The number of aromatic nitrogens is 3. The maximum atomic E-state index is 9.82. The molecule has 2 aromatic heterocycles. The summed E-state index contributed by atoms with van der Waals surface area (Å²) in [5.41, 5.74) is 3.16. The number of benzene rings is 1. The van der Waals surface area contributed by atoms with Crippen molar-refractivity contribution in [1.29, 1.82) is 0 Å². The number of morpholine rings is 1. The number of likely N-dealkylation sites (tertiary alicyclic amines) is 1. The number of pyridine rings is 1. The molecule has 3 aromatic rings. The molecule has 0 spiro atoms. The number of fused-ring (bicyclic) bond motifs is 2. The van der Waals surface area contributed by atoms with Crippen LogP contribution in [0.2, 0.25) is 0 Å². The van der Waals surface area contributed by atoms with Crippen molar-refractivity contribution in [2.75, 3.05) is 63.4 Å². The van der Waals surface area contributed by atoms with E-state index >= 15 is 0 Å². The summed E-state index contributed by atoms with van der Waals surface area (Å²) in [4.78, 5) is 22.4. The number of aliphatic hydroxyl groups is 1. The van der Waals surface area contributed by atoms with E-state index in [4.69, 9.17) is 24.4 Å². The van der Waals surface area contributed by atoms with Crippen molar-refractivity contribution in [2.45, 2.75) is 38.5 Å². The van der Waals surface area contributed by atoms with Crippen molar-refractivity contribution >= 4 is 22.8 Å². The van der Waals surface area contributed by atoms with Gasteiger partial charge in [0.25, 0.3) is 0 Å². The molecular weight excluding hydrogens is 468 g/mol. The Balaban J connectivity index is 1.44. The first-order valence-corrected chi connectivity index (χ1v) is 13.3. The second-order valence-electron chi connectivity index (χ2n) is 10.6. The summed E-state index contributed by atoms with van der Waals surface area (Å²) >= 11 is 0. The lowest BCUT2D eigenvalue weighted by molar-refractivity contribution is 0.0987. The molecule has 3 atom stereocenters. The monoisotopic (exact) mass is 504 g/mol. The van der Waals surface area contributed by atoms with Crippen molar-refractivity contribution in [3.05, 3.63) is 35.9 Å². The number of ether oxygens (including phenoxy) is 2. The Morgan fingerprint density at radius 2 is 2.00 bits per heavy atom. The first kappa shape index (κ1) is 24.3. The largest absolute Gasteiger partial charge is 0.496 e. The van der Waals surface area contributed by atoms with E-state index in [9.17, 15) is 5.11 Å². The van der Waals surface area contributed by atoms with Gasteiger partial charge in [0.15, 0.2) is 5.65 Å². The van der Waals surface area contributed by atoms with E-state index < -0.39 is 0 Å². The molecule has 9 nitrogen and oxygen atoms in total. The minimum Gasteiger partial charge on any atom is -0.496 e. The Bertz CT molecular complexity index is 1290. The highest BCUT2D eigenvalue weighted by atomic mass is 16.5. The molecule has 3 aliphatic heterocycles. The Labute approximate surface area is 218 Å². The SMILES string of the molecule is COc1ccc(-c2ccc3c(N4CCOC[C@@H]4C)nc(N4C[C@@H]5CCCN(C)[C@@H]5C4)nc3n2)cc1CO. The average molecular weight is 505 g/mol. The summed E-state index contributed by atoms with van der Waals surface area (Å²) in [7, 11) is 3.85. The first-order valence-electron chi connectivity index (χ1n) is 13.3. The van der Waals surface area contributed by atoms with Crippen LogP contribution in [-0.4, -0.2) is 90.6 Å². The van der Waals surface area contributed by atoms with Gasteiger partial charge in [-0.05, 0) is 69.6 Å². The minimum atomic E-state index is -0.0955. The van der Waals surface area contributed by atoms with Crippen LogP contribution in [0, 0.1) is 5.92 Å². The van der Waals surface area contributed by atoms with Crippen LogP contribution in [0.3, 0.4) is 0 Å². The standard InChI is InChI=1S/C28H36N6O3/c1-18-17-37-12-11-34(18)27-22-7-8-23(19-6-9-25(36-3)21(13-19)16-35)29-26(22)30-28(31-27)33-14-20-5-4-10-32(2)24(20)15-33/h6-9,13,18,20,24,35H,4-5,10-12,14-17H2,1-3H3/t18-,20-,24+/m0/s1. The Morgan fingerprint density at radius 1 is 1.11 bits per heavy atom. The van der Waals surface area contributed by atoms with Crippen LogP contribution >= 0.6 is 0 Å². The van der Waals surface area contributed by atoms with E-state index in [1.807, 2.05) is 24.3 Å². The number of methoxy groups -OCH3 is 1. The molecule has 5 heterocycles. The van der Waals surface area contributed by atoms with Crippen LogP contribution in [0.1, 0.15) is 25.3 Å². The highest BCUT2D eigenvalue weighted by Gasteiger charge is 2.39. The van der Waals surface area contributed by atoms with Crippen molar-refractivity contribution < 1.29 is 14.6 Å². The molecule has 196 valence electrons. The average Bonchev–Trinajstić information content (AvgIpc) is 3.38. The summed E-state index contributed by atoms with van der Waals surface area (Å²) in [5.74, 6) is 3.02. The highest BCUT2D eigenvalue weighted by molar-refractivity contribution is 5.90. The Hall–Kier alpha value is -3.01. The molecule has 3 saturated heterocycles. The number of anilines is 2. The normalized spacial score (nSPS) is 24.5. The van der Waals surface area contributed by atoms with Gasteiger partial charge in [-0.3, -0.25) is 0 Å². The fourth-order valence-corrected chi connectivity index (χ4v) is 6.18. The third kappa shape index (κ3) is 4.49. The first-order chi connectivity index (χ1) is 18.1. The number of likely N-dealkylation sites (N-methyl/N-ethyl adjacent to an activating group) is 1. The van der Waals surface area contributed by atoms with Crippen molar-refractivity contribution in [3.8, 4) is 17.0 Å². The Morgan fingerprint density at radius 3 is 2.78 bits per heavy atom. The molecule has 0 unspecified atom stereocenters. The van der Waals surface area contributed by atoms with E-state index in [0.29, 0.717) is 36.6 Å². The predicted molar refractivity (Wildman–Crippen MR) is 144 cm³/mol. The number of hydrogen-bond donors (Lipinski definition) is 1. The quantitative estimate of drug-likeness (QED) is 0.564. The molecule has 9 heteroatoms. The third-order valence-electron chi connectivity index (χ3n) is 8.26. The molecule has 0 amide bonds. The summed E-state index contributed by atoms with van der Waals surface area (Å²) in [5, 5.41) is 10.8. The molecule has 0 saturated carbocycles. The number of nitrogens with zero attached hydrogens (tertiary/aromatic N) is 6. The van der Waals surface area contributed by atoms with Gasteiger partial charge in [0.2, 0.25) is 5.95 Å². The van der Waals surface area contributed by atoms with E-state index in [-0.39, 0.29) is 12.6 Å². The maximum absolute atomic E-state index is 9.82. The van der Waals surface area contributed by atoms with E-state index in [0.717, 1.165) is 60.2 Å². The van der Waals surface area contributed by atoms with E-state index in [1.54, 1.807) is 7.11 Å². The lowest BCUT2D eigenvalue weighted by Gasteiger charge is -2.35. The molecule has 6 rings (SSSR count). The highest BCUT2D eigenvalue weighted by Crippen LogP contribution is 2.35. The van der Waals surface area contributed by atoms with Gasteiger partial charge in [-0.2, -0.15) is 9.97 Å². The minimum absolute atomic E-state index is 0.0955. The van der Waals surface area contributed by atoms with Gasteiger partial charge in [0, 0.05) is 36.8 Å². The zero-order valence-electron chi connectivity index (χ0n) is 21.9. The van der Waals surface area contributed by atoms with Crippen LogP contribution in [0.4, 0.5) is 11.8 Å². The zero-order chi connectivity index (χ0) is 25.5. The number of rotatable bonds is 5. The summed E-state index contributed by atoms with van der Waals surface area (Å²) in [6, 6.07) is 10.7. The van der Waals surface area contributed by atoms with Crippen molar-refractivity contribution in [3.63, 3.8) is 0 Å². The zero-order valence-corrected chi connectivity index (χ0v) is 21.9. The van der Waals surface area contributed by atoms with E-state index in [1.165, 1.54) is 12.8 Å². The third-order valence-corrected chi connectivity index (χ3v) is 8.26. The van der Waals surface area contributed by atoms with Crippen LogP contribution in [0.5, 0.6) is 5.75 Å². The molecule has 1 aromatic carbocycles. The van der Waals surface area contributed by atoms with E-state index in [2.05, 4.69) is 34.7 Å². The summed E-state index contributed by atoms with van der Waals surface area (Å²) in [6.07, 6.45) is 2.52. The lowest BCUT2D eigenvalue weighted by atomic mass is 9.93. The molecule has 0 aliphatic carbocycles. The maximum Gasteiger partial charge on any atom is 0.229 e. The summed E-state index contributed by atoms with van der Waals surface area (Å²) in [6.45, 7) is 7.34. The molecule has 0 radical (unpaired) electrons. The molecule has 37 heavy (non-hydrogen) atoms. The molecule has 1 N–H and O–H groups in total. The van der Waals surface area contributed by atoms with Gasteiger partial charge in [-0.25, -0.2) is 4.98 Å². The second kappa shape index (κ2) is 10.0. The van der Waals surface area contributed by atoms with Gasteiger partial charge in [-0.1, -0.05) is 0 Å². The van der Waals surface area contributed by atoms with Crippen LogP contribution < -0.4 is 14.5 Å². The fourth-order valence-electron chi connectivity index (χ4n) is 6.18. The molecule has 3 fully saturated rings. The van der Waals surface area contributed by atoms with Gasteiger partial charge in [-0.15, -0.1) is 0 Å². The fraction of sp³-hybridized carbons (Fsp3) is 0.536. The van der Waals surface area contributed by atoms with Gasteiger partial charge >= 0.3 is 0 Å². The van der Waals surface area contributed by atoms with Gasteiger partial charge < -0.3 is 29.3 Å². The molecular formula is C28H36N6O3. The predicted octanol–water partition coefficient (Wildman–Crippen LogP) is 2.95. The molecule has 3 aliphatic rings. The van der Waals surface area contributed by atoms with Crippen molar-refractivity contribution in [2.24, 2.45) is 5.92 Å².